The molecule has 3 rings (SSSR count). The number of nitrogens with one attached hydrogen (secondary N) is 1. The van der Waals surface area contributed by atoms with E-state index in [0.717, 1.165) is 17.0 Å². The maximum atomic E-state index is 11.1. The zero-order chi connectivity index (χ0) is 15.9. The lowest BCUT2D eigenvalue weighted by Crippen LogP contribution is -2.06. The molecule has 0 aliphatic rings. The van der Waals surface area contributed by atoms with Gasteiger partial charge in [0, 0.05) is 18.9 Å². The summed E-state index contributed by atoms with van der Waals surface area (Å²) < 4.78 is 3.47. The summed E-state index contributed by atoms with van der Waals surface area (Å²) in [4.78, 5) is 15.2. The predicted molar refractivity (Wildman–Crippen MR) is 81.9 cm³/mol. The van der Waals surface area contributed by atoms with Crippen molar-refractivity contribution in [2.75, 3.05) is 5.32 Å². The van der Waals surface area contributed by atoms with Crippen LogP contribution < -0.4 is 5.32 Å². The van der Waals surface area contributed by atoms with Crippen LogP contribution in [0.4, 0.5) is 11.5 Å². The third kappa shape index (κ3) is 2.28. The highest BCUT2D eigenvalue weighted by Crippen LogP contribution is 2.27. The summed E-state index contributed by atoms with van der Waals surface area (Å²) in [5, 5.41) is 18.3. The largest absolute Gasteiger partial charge is 0.359 e. The van der Waals surface area contributed by atoms with Crippen molar-refractivity contribution < 1.29 is 4.92 Å². The number of nitrogens with zero attached hydrogens (tertiary/aromatic N) is 5. The van der Waals surface area contributed by atoms with E-state index in [1.54, 1.807) is 14.0 Å². The van der Waals surface area contributed by atoms with Gasteiger partial charge in [0.2, 0.25) is 5.82 Å². The Hall–Kier alpha value is -2.90. The third-order valence-electron chi connectivity index (χ3n) is 3.56. The molecule has 0 amide bonds. The third-order valence-corrected chi connectivity index (χ3v) is 3.56. The quantitative estimate of drug-likeness (QED) is 0.589. The fourth-order valence-corrected chi connectivity index (χ4v) is 2.52. The number of nitro groups is 1. The Kier molecular flexibility index (Phi) is 3.28. The number of hydrogen-bond acceptors (Lipinski definition) is 5. The molecule has 0 fully saturated rings. The van der Waals surface area contributed by atoms with Crippen LogP contribution in [-0.2, 0) is 13.6 Å². The highest BCUT2D eigenvalue weighted by Gasteiger charge is 2.23. The van der Waals surface area contributed by atoms with Gasteiger partial charge in [-0.1, -0.05) is 6.07 Å². The first-order chi connectivity index (χ1) is 10.5. The molecule has 1 N–H and O–H groups in total. The summed E-state index contributed by atoms with van der Waals surface area (Å²) in [6.07, 6.45) is 1.92. The van der Waals surface area contributed by atoms with Crippen molar-refractivity contribution in [2.24, 2.45) is 7.05 Å². The molecule has 114 valence electrons. The van der Waals surface area contributed by atoms with E-state index in [1.807, 2.05) is 35.7 Å². The lowest BCUT2D eigenvalue weighted by Gasteiger charge is -2.03. The first-order valence-electron chi connectivity index (χ1n) is 6.83. The molecule has 8 nitrogen and oxygen atoms in total. The molecule has 0 aliphatic heterocycles. The van der Waals surface area contributed by atoms with Gasteiger partial charge < -0.3 is 9.72 Å². The molecule has 0 spiro atoms. The molecule has 0 saturated heterocycles. The van der Waals surface area contributed by atoms with Crippen LogP contribution in [0.1, 0.15) is 17.1 Å². The summed E-state index contributed by atoms with van der Waals surface area (Å²) in [7, 11) is 1.68. The fourth-order valence-electron chi connectivity index (χ4n) is 2.52. The highest BCUT2D eigenvalue weighted by molar-refractivity contribution is 5.59. The van der Waals surface area contributed by atoms with Crippen molar-refractivity contribution in [3.8, 4) is 0 Å². The van der Waals surface area contributed by atoms with Crippen molar-refractivity contribution in [1.82, 2.24) is 19.2 Å². The highest BCUT2D eigenvalue weighted by atomic mass is 16.6. The molecule has 0 saturated carbocycles. The van der Waals surface area contributed by atoms with E-state index in [2.05, 4.69) is 15.4 Å². The second kappa shape index (κ2) is 5.14. The van der Waals surface area contributed by atoms with Gasteiger partial charge in [-0.25, -0.2) is 9.67 Å². The predicted octanol–water partition coefficient (Wildman–Crippen LogP) is 2.20. The van der Waals surface area contributed by atoms with Gasteiger partial charge in [-0.05, 0) is 26.0 Å². The van der Waals surface area contributed by atoms with Crippen LogP contribution in [0.3, 0.4) is 0 Å². The van der Waals surface area contributed by atoms with E-state index in [9.17, 15) is 10.1 Å². The van der Waals surface area contributed by atoms with Crippen LogP contribution in [0.15, 0.2) is 24.4 Å². The van der Waals surface area contributed by atoms with E-state index < -0.39 is 4.92 Å². The molecule has 22 heavy (non-hydrogen) atoms. The Morgan fingerprint density at radius 3 is 2.82 bits per heavy atom. The zero-order valence-electron chi connectivity index (χ0n) is 12.6. The molecule has 0 bridgehead atoms. The Balaban J connectivity index is 1.88. The van der Waals surface area contributed by atoms with Gasteiger partial charge in [0.1, 0.15) is 11.3 Å². The summed E-state index contributed by atoms with van der Waals surface area (Å²) >= 11 is 0. The second-order valence-corrected chi connectivity index (χ2v) is 5.14. The summed E-state index contributed by atoms with van der Waals surface area (Å²) in [6, 6.07) is 5.87. The molecule has 8 heteroatoms. The number of fused-ring (bicyclic) bond motifs is 1. The van der Waals surface area contributed by atoms with Gasteiger partial charge >= 0.3 is 5.69 Å². The van der Waals surface area contributed by atoms with E-state index in [-0.39, 0.29) is 5.69 Å². The smallest absolute Gasteiger partial charge is 0.333 e. The van der Waals surface area contributed by atoms with Gasteiger partial charge in [0.15, 0.2) is 0 Å². The lowest BCUT2D eigenvalue weighted by molar-refractivity contribution is -0.384. The van der Waals surface area contributed by atoms with Crippen molar-refractivity contribution in [2.45, 2.75) is 20.4 Å². The van der Waals surface area contributed by atoms with Crippen LogP contribution in [0.5, 0.6) is 0 Å². The van der Waals surface area contributed by atoms with Gasteiger partial charge in [-0.2, -0.15) is 5.10 Å². The Morgan fingerprint density at radius 2 is 2.14 bits per heavy atom. The van der Waals surface area contributed by atoms with E-state index in [1.165, 1.54) is 4.68 Å². The molecule has 3 aromatic rings. The molecule has 0 aliphatic carbocycles. The van der Waals surface area contributed by atoms with Gasteiger partial charge in [0.25, 0.3) is 0 Å². The first kappa shape index (κ1) is 14.1. The fraction of sp³-hybridized carbons (Fsp3) is 0.286. The molecule has 0 unspecified atom stereocenters. The normalized spacial score (nSPS) is 11.0. The van der Waals surface area contributed by atoms with Crippen molar-refractivity contribution in [1.29, 1.82) is 0 Å². The monoisotopic (exact) mass is 300 g/mol. The topological polar surface area (TPSA) is 90.3 Å². The molecule has 0 radical (unpaired) electrons. The van der Waals surface area contributed by atoms with E-state index >= 15 is 0 Å². The number of rotatable bonds is 4. The molecular formula is C14H16N6O2. The van der Waals surface area contributed by atoms with Crippen molar-refractivity contribution in [3.63, 3.8) is 0 Å². The number of aromatic nitrogens is 4. The number of hydrogen-bond donors (Lipinski definition) is 1. The average Bonchev–Trinajstić information content (AvgIpc) is 2.98. The minimum absolute atomic E-state index is 0.00226. The molecule has 3 heterocycles. The summed E-state index contributed by atoms with van der Waals surface area (Å²) in [6.45, 7) is 4.01. The first-order valence-corrected chi connectivity index (χ1v) is 6.83. The lowest BCUT2D eigenvalue weighted by atomic mass is 10.3. The number of pyridine rings is 1. The maximum Gasteiger partial charge on any atom is 0.333 e. The standard InChI is InChI=1S/C14H16N6O2/c1-9-5-4-6-12-16-11(8-19(9)12)7-15-14-13(20(21)22)10(2)17-18(14)3/h4-6,8,15H,7H2,1-3H3. The van der Waals surface area contributed by atoms with Gasteiger partial charge in [-0.3, -0.25) is 10.1 Å². The van der Waals surface area contributed by atoms with Gasteiger partial charge in [0.05, 0.1) is 17.2 Å². The van der Waals surface area contributed by atoms with Crippen LogP contribution in [0.2, 0.25) is 0 Å². The van der Waals surface area contributed by atoms with E-state index in [4.69, 9.17) is 0 Å². The Labute approximate surface area is 126 Å². The Bertz CT molecular complexity index is 864. The second-order valence-electron chi connectivity index (χ2n) is 5.14. The van der Waals surface area contributed by atoms with E-state index in [0.29, 0.717) is 18.1 Å². The number of imidazole rings is 1. The van der Waals surface area contributed by atoms with Crippen LogP contribution >= 0.6 is 0 Å². The van der Waals surface area contributed by atoms with Crippen LogP contribution in [0, 0.1) is 24.0 Å². The van der Waals surface area contributed by atoms with Crippen LogP contribution in [-0.4, -0.2) is 24.1 Å². The van der Waals surface area contributed by atoms with Crippen molar-refractivity contribution in [3.05, 3.63) is 51.6 Å². The number of aryl methyl sites for hydroxylation is 3. The zero-order valence-corrected chi connectivity index (χ0v) is 12.6. The van der Waals surface area contributed by atoms with Crippen LogP contribution in [0.25, 0.3) is 5.65 Å². The molecule has 3 aromatic heterocycles. The minimum Gasteiger partial charge on any atom is -0.359 e. The maximum absolute atomic E-state index is 11.1. The molecular weight excluding hydrogens is 284 g/mol. The van der Waals surface area contributed by atoms with Crippen molar-refractivity contribution >= 4 is 17.2 Å². The SMILES string of the molecule is Cc1nn(C)c(NCc2cn3c(C)cccc3n2)c1[N+](=O)[O-]. The molecule has 0 atom stereocenters. The number of anilines is 1. The summed E-state index contributed by atoms with van der Waals surface area (Å²) in [5.41, 5.74) is 3.14. The molecule has 0 aromatic carbocycles. The van der Waals surface area contributed by atoms with Gasteiger partial charge in [-0.15, -0.1) is 0 Å². The average molecular weight is 300 g/mol. The minimum atomic E-state index is -0.418. The summed E-state index contributed by atoms with van der Waals surface area (Å²) in [5.74, 6) is 0.385. The Morgan fingerprint density at radius 1 is 1.36 bits per heavy atom.